The van der Waals surface area contributed by atoms with E-state index in [9.17, 15) is 19.5 Å². The molecule has 4 aromatic carbocycles. The Bertz CT molecular complexity index is 2040. The minimum Gasteiger partial charge on any atom is -0.497 e. The molecule has 0 fully saturated rings. The first-order chi connectivity index (χ1) is 27.4. The lowest BCUT2D eigenvalue weighted by molar-refractivity contribution is -0.142. The summed E-state index contributed by atoms with van der Waals surface area (Å²) in [6.45, 7) is 9.19. The number of nitrogens with zero attached hydrogens (tertiary/aromatic N) is 2. The van der Waals surface area contributed by atoms with Crippen molar-refractivity contribution in [3.63, 3.8) is 0 Å². The van der Waals surface area contributed by atoms with Gasteiger partial charge in [0.25, 0.3) is 5.91 Å². The van der Waals surface area contributed by atoms with Gasteiger partial charge in [-0.1, -0.05) is 114 Å². The largest absolute Gasteiger partial charge is 0.497 e. The maximum absolute atomic E-state index is 13.8. The highest BCUT2D eigenvalue weighted by Crippen LogP contribution is 2.25. The fraction of sp³-hybridized carbons (Fsp3) is 0.340. The van der Waals surface area contributed by atoms with Gasteiger partial charge in [-0.15, -0.1) is 0 Å². The number of hydrogen-bond acceptors (Lipinski definition) is 7. The number of nitrogens with one attached hydrogen (secondary N) is 2. The van der Waals surface area contributed by atoms with Gasteiger partial charge in [-0.3, -0.25) is 9.59 Å². The summed E-state index contributed by atoms with van der Waals surface area (Å²) in [6.07, 6.45) is 9.71. The van der Waals surface area contributed by atoms with Crippen LogP contribution < -0.4 is 20.1 Å². The highest BCUT2D eigenvalue weighted by atomic mass is 16.5. The van der Waals surface area contributed by atoms with Crippen molar-refractivity contribution >= 4 is 17.8 Å². The fourth-order valence-corrected chi connectivity index (χ4v) is 6.33. The third-order valence-corrected chi connectivity index (χ3v) is 9.86. The third-order valence-electron chi connectivity index (χ3n) is 9.86. The number of carbonyl (C=O) groups excluding carboxylic acids is 2. The Morgan fingerprint density at radius 3 is 1.81 bits per heavy atom. The van der Waals surface area contributed by atoms with Gasteiger partial charge in [-0.2, -0.15) is 0 Å². The summed E-state index contributed by atoms with van der Waals surface area (Å²) in [5.41, 5.74) is 5.47. The molecule has 0 saturated carbocycles. The lowest BCUT2D eigenvalue weighted by atomic mass is 9.86. The molecule has 0 saturated heterocycles. The Balaban J connectivity index is 1.27. The van der Waals surface area contributed by atoms with Gasteiger partial charge in [-0.05, 0) is 70.5 Å². The highest BCUT2D eigenvalue weighted by molar-refractivity contribution is 5.98. The fourth-order valence-electron chi connectivity index (χ4n) is 6.33. The minimum absolute atomic E-state index is 0.0481. The molecule has 1 aromatic heterocycles. The zero-order chi connectivity index (χ0) is 40.8. The lowest BCUT2D eigenvalue weighted by Gasteiger charge is -2.22. The van der Waals surface area contributed by atoms with Crippen LogP contribution in [0, 0.1) is 0 Å². The van der Waals surface area contributed by atoms with Crippen LogP contribution in [0.3, 0.4) is 0 Å². The Hall–Kier alpha value is -6.03. The summed E-state index contributed by atoms with van der Waals surface area (Å²) in [5, 5.41) is 15.6. The van der Waals surface area contributed by atoms with Crippen molar-refractivity contribution in [2.75, 3.05) is 13.7 Å². The van der Waals surface area contributed by atoms with Crippen LogP contribution in [0.1, 0.15) is 86.8 Å². The number of carboxylic acid groups (broad SMARTS) is 1. The van der Waals surface area contributed by atoms with Gasteiger partial charge in [0.1, 0.15) is 23.6 Å². The maximum atomic E-state index is 13.8. The number of aliphatic carboxylic acids is 1. The van der Waals surface area contributed by atoms with Gasteiger partial charge in [0, 0.05) is 41.9 Å². The second-order valence-electron chi connectivity index (χ2n) is 15.3. The van der Waals surface area contributed by atoms with E-state index in [4.69, 9.17) is 9.47 Å². The summed E-state index contributed by atoms with van der Waals surface area (Å²) in [5.74, 6) is -0.221. The van der Waals surface area contributed by atoms with E-state index in [1.807, 2.05) is 60.7 Å². The maximum Gasteiger partial charge on any atom is 0.326 e. The first-order valence-electron chi connectivity index (χ1n) is 19.7. The van der Waals surface area contributed by atoms with Crippen LogP contribution >= 0.6 is 0 Å². The third kappa shape index (κ3) is 12.5. The van der Waals surface area contributed by atoms with E-state index in [1.54, 1.807) is 55.9 Å². The average molecular weight is 771 g/mol. The standard InChI is InChI=1S/C47H54N4O6/c1-6-7-8-9-10-27-57-40-25-19-34(20-26-40)37-30-48-43(49-31-37)35-15-11-32(12-16-35)28-41(50-44(52)36-17-21-38(22-18-36)47(2,3)4)45(53)51-42(46(54)55)29-33-13-23-39(56-5)24-14-33/h11-26,30-31,41-42H,6-10,27-29H2,1-5H3,(H,50,52)(H,51,53)(H,54,55)/t41-,42?/m0/s1. The molecule has 5 aromatic rings. The normalized spacial score (nSPS) is 12.3. The molecule has 0 aliphatic carbocycles. The quantitative estimate of drug-likeness (QED) is 0.0710. The molecule has 0 bridgehead atoms. The molecule has 10 nitrogen and oxygen atoms in total. The molecule has 0 radical (unpaired) electrons. The van der Waals surface area contributed by atoms with Crippen LogP contribution in [-0.4, -0.2) is 58.7 Å². The number of benzene rings is 4. The number of unbranched alkanes of at least 4 members (excludes halogenated alkanes) is 4. The number of methoxy groups -OCH3 is 1. The zero-order valence-corrected chi connectivity index (χ0v) is 33.6. The summed E-state index contributed by atoms with van der Waals surface area (Å²) < 4.78 is 11.1. The molecule has 5 rings (SSSR count). The van der Waals surface area contributed by atoms with E-state index in [-0.39, 0.29) is 18.3 Å². The second kappa shape index (κ2) is 20.2. The molecule has 1 heterocycles. The topological polar surface area (TPSA) is 140 Å². The molecule has 1 unspecified atom stereocenters. The predicted molar refractivity (Wildman–Crippen MR) is 224 cm³/mol. The summed E-state index contributed by atoms with van der Waals surface area (Å²) in [6, 6.07) is 27.3. The van der Waals surface area contributed by atoms with Crippen molar-refractivity contribution in [3.05, 3.63) is 132 Å². The molecule has 2 atom stereocenters. The van der Waals surface area contributed by atoms with Crippen molar-refractivity contribution in [1.82, 2.24) is 20.6 Å². The summed E-state index contributed by atoms with van der Waals surface area (Å²) in [7, 11) is 1.55. The molecule has 0 aliphatic heterocycles. The number of aromatic nitrogens is 2. The van der Waals surface area contributed by atoms with E-state index >= 15 is 0 Å². The smallest absolute Gasteiger partial charge is 0.326 e. The molecule has 10 heteroatoms. The summed E-state index contributed by atoms with van der Waals surface area (Å²) in [4.78, 5) is 48.9. The minimum atomic E-state index is -1.23. The van der Waals surface area contributed by atoms with E-state index in [2.05, 4.69) is 48.3 Å². The monoisotopic (exact) mass is 770 g/mol. The van der Waals surface area contributed by atoms with E-state index in [0.29, 0.717) is 29.3 Å². The van der Waals surface area contributed by atoms with E-state index in [0.717, 1.165) is 40.0 Å². The highest BCUT2D eigenvalue weighted by Gasteiger charge is 2.28. The Morgan fingerprint density at radius 1 is 0.667 bits per heavy atom. The van der Waals surface area contributed by atoms with Gasteiger partial charge in [0.15, 0.2) is 5.82 Å². The van der Waals surface area contributed by atoms with Crippen molar-refractivity contribution in [2.45, 2.75) is 90.1 Å². The van der Waals surface area contributed by atoms with Crippen LogP contribution in [0.15, 0.2) is 109 Å². The molecule has 2 amide bonds. The van der Waals surface area contributed by atoms with Crippen molar-refractivity contribution < 1.29 is 29.0 Å². The zero-order valence-electron chi connectivity index (χ0n) is 33.6. The predicted octanol–water partition coefficient (Wildman–Crippen LogP) is 8.62. The second-order valence-corrected chi connectivity index (χ2v) is 15.3. The number of carboxylic acids is 1. The molecular formula is C47H54N4O6. The number of carbonyl (C=O) groups is 3. The van der Waals surface area contributed by atoms with Crippen molar-refractivity contribution in [2.24, 2.45) is 0 Å². The van der Waals surface area contributed by atoms with Crippen LogP contribution in [0.4, 0.5) is 0 Å². The van der Waals surface area contributed by atoms with Crippen LogP contribution in [0.2, 0.25) is 0 Å². The van der Waals surface area contributed by atoms with Crippen LogP contribution in [0.5, 0.6) is 11.5 Å². The molecular weight excluding hydrogens is 717 g/mol. The molecule has 298 valence electrons. The van der Waals surface area contributed by atoms with E-state index < -0.39 is 29.9 Å². The van der Waals surface area contributed by atoms with Gasteiger partial charge < -0.3 is 25.2 Å². The van der Waals surface area contributed by atoms with Crippen LogP contribution in [0.25, 0.3) is 22.5 Å². The lowest BCUT2D eigenvalue weighted by Crippen LogP contribution is -2.53. The molecule has 0 aliphatic rings. The van der Waals surface area contributed by atoms with Gasteiger partial charge >= 0.3 is 5.97 Å². The molecule has 0 spiro atoms. The van der Waals surface area contributed by atoms with Gasteiger partial charge in [0.2, 0.25) is 5.91 Å². The first kappa shape index (κ1) is 42.1. The van der Waals surface area contributed by atoms with Gasteiger partial charge in [-0.25, -0.2) is 14.8 Å². The van der Waals surface area contributed by atoms with Crippen molar-refractivity contribution in [1.29, 1.82) is 0 Å². The van der Waals surface area contributed by atoms with Crippen molar-refractivity contribution in [3.8, 4) is 34.0 Å². The SMILES string of the molecule is CCCCCCCOc1ccc(-c2cnc(-c3ccc(C[C@H](NC(=O)c4ccc(C(C)(C)C)cc4)C(=O)NC(Cc4ccc(OC)cc4)C(=O)O)cc3)nc2)cc1. The van der Waals surface area contributed by atoms with E-state index in [1.165, 1.54) is 25.7 Å². The van der Waals surface area contributed by atoms with Gasteiger partial charge in [0.05, 0.1) is 13.7 Å². The Kier molecular flexibility index (Phi) is 14.9. The molecule has 57 heavy (non-hydrogen) atoms. The number of rotatable bonds is 19. The Morgan fingerprint density at radius 2 is 1.23 bits per heavy atom. The number of amides is 2. The average Bonchev–Trinajstić information content (AvgIpc) is 3.22. The number of hydrogen-bond donors (Lipinski definition) is 3. The number of ether oxygens (including phenoxy) is 2. The first-order valence-corrected chi connectivity index (χ1v) is 19.7. The van der Waals surface area contributed by atoms with Crippen LogP contribution in [-0.2, 0) is 27.8 Å². The summed E-state index contributed by atoms with van der Waals surface area (Å²) >= 11 is 0. The molecule has 3 N–H and O–H groups in total. The Labute approximate surface area is 336 Å².